The second-order valence-electron chi connectivity index (χ2n) is 4.80. The maximum absolute atomic E-state index is 12.1. The topological polar surface area (TPSA) is 79.2 Å². The molecule has 1 aliphatic heterocycles. The van der Waals surface area contributed by atoms with E-state index in [0.717, 1.165) is 19.4 Å². The van der Waals surface area contributed by atoms with Crippen molar-refractivity contribution in [2.75, 3.05) is 25.4 Å². The van der Waals surface area contributed by atoms with E-state index in [1.165, 1.54) is 12.1 Å². The van der Waals surface area contributed by atoms with Crippen LogP contribution in [0.3, 0.4) is 0 Å². The summed E-state index contributed by atoms with van der Waals surface area (Å²) in [4.78, 5) is 0.204. The molecule has 20 heavy (non-hydrogen) atoms. The smallest absolute Gasteiger partial charge is 0.179 e. The third-order valence-corrected chi connectivity index (χ3v) is 4.98. The van der Waals surface area contributed by atoms with Gasteiger partial charge in [0.15, 0.2) is 9.84 Å². The van der Waals surface area contributed by atoms with Gasteiger partial charge in [-0.25, -0.2) is 8.42 Å². The van der Waals surface area contributed by atoms with E-state index in [1.807, 2.05) is 6.07 Å². The molecule has 0 aliphatic carbocycles. The van der Waals surface area contributed by atoms with Crippen LogP contribution in [0.15, 0.2) is 29.2 Å². The molecule has 2 rings (SSSR count). The summed E-state index contributed by atoms with van der Waals surface area (Å²) in [6, 6.07) is 8.06. The Morgan fingerprint density at radius 2 is 2.30 bits per heavy atom. The summed E-state index contributed by atoms with van der Waals surface area (Å²) in [5.74, 6) is 0.0224. The molecule has 108 valence electrons. The van der Waals surface area contributed by atoms with E-state index < -0.39 is 9.84 Å². The largest absolute Gasteiger partial charge is 0.377 e. The first-order valence-corrected chi connectivity index (χ1v) is 8.32. The zero-order valence-corrected chi connectivity index (χ0v) is 12.0. The SMILES string of the molecule is N#Cc1cccc(S(=O)(=O)CCNCC2CCCO2)c1. The van der Waals surface area contributed by atoms with Gasteiger partial charge in [-0.1, -0.05) is 6.07 Å². The maximum Gasteiger partial charge on any atom is 0.179 e. The summed E-state index contributed by atoms with van der Waals surface area (Å²) in [7, 11) is -3.34. The van der Waals surface area contributed by atoms with Crippen LogP contribution in [0.5, 0.6) is 0 Å². The number of sulfone groups is 1. The van der Waals surface area contributed by atoms with Crippen LogP contribution in [0.4, 0.5) is 0 Å². The van der Waals surface area contributed by atoms with Crippen molar-refractivity contribution >= 4 is 9.84 Å². The predicted octanol–water partition coefficient (Wildman–Crippen LogP) is 1.10. The van der Waals surface area contributed by atoms with Crippen LogP contribution >= 0.6 is 0 Å². The lowest BCUT2D eigenvalue weighted by atomic mass is 10.2. The molecule has 5 nitrogen and oxygen atoms in total. The van der Waals surface area contributed by atoms with Gasteiger partial charge in [0.2, 0.25) is 0 Å². The van der Waals surface area contributed by atoms with Gasteiger partial charge in [-0.05, 0) is 31.0 Å². The fraction of sp³-hybridized carbons (Fsp3) is 0.500. The molecule has 1 aromatic rings. The molecule has 1 saturated heterocycles. The molecule has 6 heteroatoms. The van der Waals surface area contributed by atoms with Crippen molar-refractivity contribution in [3.63, 3.8) is 0 Å². The maximum atomic E-state index is 12.1. The third-order valence-electron chi connectivity index (χ3n) is 3.27. The lowest BCUT2D eigenvalue weighted by molar-refractivity contribution is 0.110. The van der Waals surface area contributed by atoms with Crippen molar-refractivity contribution in [2.45, 2.75) is 23.8 Å². The number of nitrogens with one attached hydrogen (secondary N) is 1. The first kappa shape index (κ1) is 15.0. The number of rotatable bonds is 6. The van der Waals surface area contributed by atoms with Crippen molar-refractivity contribution < 1.29 is 13.2 Å². The zero-order chi connectivity index (χ0) is 14.4. The number of ether oxygens (including phenoxy) is 1. The number of hydrogen-bond acceptors (Lipinski definition) is 5. The third kappa shape index (κ3) is 4.04. The number of hydrogen-bond donors (Lipinski definition) is 1. The normalized spacial score (nSPS) is 18.9. The highest BCUT2D eigenvalue weighted by atomic mass is 32.2. The van der Waals surface area contributed by atoms with Crippen molar-refractivity contribution in [3.8, 4) is 6.07 Å². The Labute approximate surface area is 119 Å². The molecule has 1 heterocycles. The summed E-state index contributed by atoms with van der Waals surface area (Å²) in [6.45, 7) is 1.87. The minimum absolute atomic E-state index is 0.0224. The monoisotopic (exact) mass is 294 g/mol. The zero-order valence-electron chi connectivity index (χ0n) is 11.2. The quantitative estimate of drug-likeness (QED) is 0.795. The predicted molar refractivity (Wildman–Crippen MR) is 75.1 cm³/mol. The number of nitrogens with zero attached hydrogens (tertiary/aromatic N) is 1. The second-order valence-corrected chi connectivity index (χ2v) is 6.91. The van der Waals surface area contributed by atoms with E-state index in [9.17, 15) is 8.42 Å². The molecule has 1 unspecified atom stereocenters. The highest BCUT2D eigenvalue weighted by Gasteiger charge is 2.17. The van der Waals surface area contributed by atoms with Gasteiger partial charge in [0, 0.05) is 19.7 Å². The van der Waals surface area contributed by atoms with Gasteiger partial charge in [-0.15, -0.1) is 0 Å². The minimum Gasteiger partial charge on any atom is -0.377 e. The van der Waals surface area contributed by atoms with E-state index in [1.54, 1.807) is 12.1 Å². The van der Waals surface area contributed by atoms with Crippen molar-refractivity contribution in [1.29, 1.82) is 5.26 Å². The fourth-order valence-electron chi connectivity index (χ4n) is 2.15. The van der Waals surface area contributed by atoms with E-state index in [2.05, 4.69) is 5.32 Å². The fourth-order valence-corrected chi connectivity index (χ4v) is 3.39. The summed E-state index contributed by atoms with van der Waals surface area (Å²) in [5, 5.41) is 11.9. The van der Waals surface area contributed by atoms with Crippen LogP contribution in [0.1, 0.15) is 18.4 Å². The Kier molecular flexibility index (Phi) is 5.12. The lowest BCUT2D eigenvalue weighted by Gasteiger charge is -2.11. The van der Waals surface area contributed by atoms with E-state index in [4.69, 9.17) is 10.00 Å². The lowest BCUT2D eigenvalue weighted by Crippen LogP contribution is -2.30. The number of benzene rings is 1. The van der Waals surface area contributed by atoms with Crippen LogP contribution in [-0.2, 0) is 14.6 Å². The molecule has 1 aliphatic rings. The summed E-state index contributed by atoms with van der Waals surface area (Å²) in [5.41, 5.74) is 0.360. The van der Waals surface area contributed by atoms with E-state index in [-0.39, 0.29) is 16.8 Å². The summed E-state index contributed by atoms with van der Waals surface area (Å²) < 4.78 is 29.7. The molecular formula is C14H18N2O3S. The first-order chi connectivity index (χ1) is 9.62. The van der Waals surface area contributed by atoms with Crippen LogP contribution < -0.4 is 5.32 Å². The Hall–Kier alpha value is -1.42. The molecule has 1 aromatic carbocycles. The molecular weight excluding hydrogens is 276 g/mol. The van der Waals surface area contributed by atoms with E-state index >= 15 is 0 Å². The molecule has 1 atom stereocenters. The van der Waals surface area contributed by atoms with Crippen LogP contribution in [0, 0.1) is 11.3 Å². The van der Waals surface area contributed by atoms with Crippen molar-refractivity contribution in [3.05, 3.63) is 29.8 Å². The van der Waals surface area contributed by atoms with Crippen molar-refractivity contribution in [2.24, 2.45) is 0 Å². The van der Waals surface area contributed by atoms with Crippen molar-refractivity contribution in [1.82, 2.24) is 5.32 Å². The Balaban J connectivity index is 1.85. The number of nitriles is 1. The molecule has 0 radical (unpaired) electrons. The Bertz CT molecular complexity index is 587. The van der Waals surface area contributed by atoms with Gasteiger partial charge in [0.1, 0.15) is 0 Å². The highest BCUT2D eigenvalue weighted by Crippen LogP contribution is 2.13. The van der Waals surface area contributed by atoms with Gasteiger partial charge in [-0.2, -0.15) is 5.26 Å². The summed E-state index contributed by atoms with van der Waals surface area (Å²) in [6.07, 6.45) is 2.31. The Morgan fingerprint density at radius 3 is 3.00 bits per heavy atom. The average Bonchev–Trinajstić information content (AvgIpc) is 2.97. The molecule has 1 fully saturated rings. The van der Waals surface area contributed by atoms with Gasteiger partial charge < -0.3 is 10.1 Å². The molecule has 0 bridgehead atoms. The van der Waals surface area contributed by atoms with Gasteiger partial charge in [0.25, 0.3) is 0 Å². The molecule has 0 saturated carbocycles. The van der Waals surface area contributed by atoms with Gasteiger partial charge in [0.05, 0.1) is 28.4 Å². The highest BCUT2D eigenvalue weighted by molar-refractivity contribution is 7.91. The first-order valence-electron chi connectivity index (χ1n) is 6.67. The van der Waals surface area contributed by atoms with Crippen LogP contribution in [0.25, 0.3) is 0 Å². The van der Waals surface area contributed by atoms with E-state index in [0.29, 0.717) is 18.7 Å². The van der Waals surface area contributed by atoms with Gasteiger partial charge in [-0.3, -0.25) is 0 Å². The molecule has 0 spiro atoms. The van der Waals surface area contributed by atoms with Crippen LogP contribution in [-0.4, -0.2) is 40.0 Å². The minimum atomic E-state index is -3.34. The van der Waals surface area contributed by atoms with Gasteiger partial charge >= 0.3 is 0 Å². The molecule has 0 amide bonds. The summed E-state index contributed by atoms with van der Waals surface area (Å²) >= 11 is 0. The average molecular weight is 294 g/mol. The Morgan fingerprint density at radius 1 is 1.45 bits per heavy atom. The molecule has 0 aromatic heterocycles. The van der Waals surface area contributed by atoms with Crippen LogP contribution in [0.2, 0.25) is 0 Å². The second kappa shape index (κ2) is 6.84. The standard InChI is InChI=1S/C14H18N2O3S/c15-10-12-3-1-5-14(9-12)20(17,18)8-6-16-11-13-4-2-7-19-13/h1,3,5,9,13,16H,2,4,6-8,11H2. The molecule has 1 N–H and O–H groups in total.